The quantitative estimate of drug-likeness (QED) is 0.411. The summed E-state index contributed by atoms with van der Waals surface area (Å²) in [6.07, 6.45) is 0.770. The highest BCUT2D eigenvalue weighted by Gasteiger charge is 2.14. The Kier molecular flexibility index (Phi) is 7.23. The van der Waals surface area contributed by atoms with E-state index >= 15 is 0 Å². The first kappa shape index (κ1) is 22.0. The summed E-state index contributed by atoms with van der Waals surface area (Å²) in [6.45, 7) is 2.50. The maximum Gasteiger partial charge on any atom is 0.262 e. The first-order valence-corrected chi connectivity index (χ1v) is 10.7. The molecule has 1 aromatic heterocycles. The summed E-state index contributed by atoms with van der Waals surface area (Å²) in [5, 5.41) is 4.32. The van der Waals surface area contributed by atoms with Gasteiger partial charge in [-0.1, -0.05) is 30.3 Å². The van der Waals surface area contributed by atoms with E-state index in [4.69, 9.17) is 21.1 Å². The van der Waals surface area contributed by atoms with Crippen LogP contribution in [0.25, 0.3) is 10.9 Å². The number of amides is 1. The summed E-state index contributed by atoms with van der Waals surface area (Å²) in [4.78, 5) is 29.9. The van der Waals surface area contributed by atoms with Crippen molar-refractivity contribution in [3.63, 3.8) is 0 Å². The molecular weight excluding hydrogens is 426 g/mol. The maximum atomic E-state index is 12.9. The Morgan fingerprint density at radius 1 is 1.17 bits per heavy atom. The number of thioether (sulfide) groups is 1. The maximum absolute atomic E-state index is 12.9. The Balaban J connectivity index is 1.80. The molecule has 0 atom stereocenters. The Morgan fingerprint density at radius 2 is 1.93 bits per heavy atom. The van der Waals surface area contributed by atoms with Crippen LogP contribution in [0.4, 0.5) is 5.69 Å². The Hall–Kier alpha value is -2.71. The molecule has 0 aliphatic heterocycles. The van der Waals surface area contributed by atoms with Crippen LogP contribution in [0, 0.1) is 0 Å². The topological polar surface area (TPSA) is 82.5 Å². The third-order valence-electron chi connectivity index (χ3n) is 4.33. The van der Waals surface area contributed by atoms with E-state index < -0.39 is 0 Å². The van der Waals surface area contributed by atoms with Crippen molar-refractivity contribution in [2.24, 2.45) is 0 Å². The van der Waals surface area contributed by atoms with Crippen LogP contribution in [0.2, 0.25) is 5.02 Å². The zero-order valence-electron chi connectivity index (χ0n) is 16.9. The molecule has 0 saturated carbocycles. The average Bonchev–Trinajstić information content (AvgIpc) is 2.74. The summed E-state index contributed by atoms with van der Waals surface area (Å²) in [7, 11) is 3.08. The number of hydrogen-bond acceptors (Lipinski definition) is 6. The van der Waals surface area contributed by atoms with E-state index in [0.29, 0.717) is 44.8 Å². The van der Waals surface area contributed by atoms with Crippen molar-refractivity contribution in [2.45, 2.75) is 25.0 Å². The van der Waals surface area contributed by atoms with Crippen molar-refractivity contribution in [1.29, 1.82) is 0 Å². The lowest BCUT2D eigenvalue weighted by Gasteiger charge is -2.13. The first-order chi connectivity index (χ1) is 14.5. The van der Waals surface area contributed by atoms with Gasteiger partial charge in [-0.25, -0.2) is 4.98 Å². The summed E-state index contributed by atoms with van der Waals surface area (Å²) < 4.78 is 12.1. The molecule has 0 aliphatic rings. The Morgan fingerprint density at radius 3 is 2.63 bits per heavy atom. The van der Waals surface area contributed by atoms with Crippen LogP contribution in [0.3, 0.4) is 0 Å². The van der Waals surface area contributed by atoms with Crippen molar-refractivity contribution in [1.82, 2.24) is 9.55 Å². The lowest BCUT2D eigenvalue weighted by atomic mass is 10.2. The summed E-state index contributed by atoms with van der Waals surface area (Å²) in [5.74, 6) is 0.965. The predicted molar refractivity (Wildman–Crippen MR) is 120 cm³/mol. The van der Waals surface area contributed by atoms with Gasteiger partial charge in [0, 0.05) is 23.3 Å². The van der Waals surface area contributed by atoms with Crippen LogP contribution in [0.15, 0.2) is 46.3 Å². The van der Waals surface area contributed by atoms with Crippen molar-refractivity contribution >= 4 is 45.9 Å². The van der Waals surface area contributed by atoms with Crippen molar-refractivity contribution in [3.05, 3.63) is 51.8 Å². The zero-order chi connectivity index (χ0) is 21.7. The normalized spacial score (nSPS) is 10.8. The molecule has 3 aromatic rings. The lowest BCUT2D eigenvalue weighted by Crippen LogP contribution is -2.24. The van der Waals surface area contributed by atoms with Gasteiger partial charge in [-0.15, -0.1) is 0 Å². The monoisotopic (exact) mass is 447 g/mol. The second-order valence-electron chi connectivity index (χ2n) is 6.42. The third kappa shape index (κ3) is 4.88. The summed E-state index contributed by atoms with van der Waals surface area (Å²) in [6, 6.07) is 10.1. The number of aromatic nitrogens is 2. The van der Waals surface area contributed by atoms with Gasteiger partial charge in [-0.05, 0) is 36.8 Å². The van der Waals surface area contributed by atoms with Crippen LogP contribution in [-0.4, -0.2) is 35.4 Å². The van der Waals surface area contributed by atoms with Gasteiger partial charge in [0.15, 0.2) is 16.7 Å². The van der Waals surface area contributed by atoms with Crippen LogP contribution >= 0.6 is 23.4 Å². The molecule has 0 fully saturated rings. The number of nitrogens with zero attached hydrogens (tertiary/aromatic N) is 2. The minimum absolute atomic E-state index is 0.0938. The Labute approximate surface area is 183 Å². The van der Waals surface area contributed by atoms with E-state index in [1.165, 1.54) is 18.9 Å². The molecule has 0 bridgehead atoms. The molecule has 0 spiro atoms. The molecule has 30 heavy (non-hydrogen) atoms. The fourth-order valence-electron chi connectivity index (χ4n) is 2.95. The van der Waals surface area contributed by atoms with E-state index in [9.17, 15) is 9.59 Å². The minimum atomic E-state index is -0.226. The molecule has 2 aromatic carbocycles. The number of halogens is 1. The van der Waals surface area contributed by atoms with Gasteiger partial charge in [-0.3, -0.25) is 14.2 Å². The highest BCUT2D eigenvalue weighted by Crippen LogP contribution is 2.30. The van der Waals surface area contributed by atoms with Crippen LogP contribution in [0.1, 0.15) is 13.3 Å². The van der Waals surface area contributed by atoms with E-state index in [-0.39, 0.29) is 17.2 Å². The predicted octanol–water partition coefficient (Wildman–Crippen LogP) is 4.21. The molecule has 3 rings (SSSR count). The number of carbonyl (C=O) groups excluding carboxylic acids is 1. The zero-order valence-corrected chi connectivity index (χ0v) is 18.5. The molecule has 1 heterocycles. The van der Waals surface area contributed by atoms with Crippen LogP contribution in [0.5, 0.6) is 11.5 Å². The number of fused-ring (bicyclic) bond motifs is 1. The largest absolute Gasteiger partial charge is 0.493 e. The Bertz CT molecular complexity index is 1130. The second-order valence-corrected chi connectivity index (χ2v) is 7.80. The van der Waals surface area contributed by atoms with Crippen molar-refractivity contribution in [2.75, 3.05) is 25.3 Å². The van der Waals surface area contributed by atoms with Gasteiger partial charge in [0.2, 0.25) is 5.91 Å². The second kappa shape index (κ2) is 9.86. The minimum Gasteiger partial charge on any atom is -0.493 e. The standard InChI is InChI=1S/C21H22ClN3O4S/c1-4-9-25-20(27)15-7-5-13(22)10-16(15)24-21(25)30-12-19(26)23-14-6-8-17(28-2)18(11-14)29-3/h5-8,10-11H,4,9,12H2,1-3H3,(H,23,26). The molecule has 0 aliphatic carbocycles. The molecule has 158 valence electrons. The lowest BCUT2D eigenvalue weighted by molar-refractivity contribution is -0.113. The smallest absolute Gasteiger partial charge is 0.262 e. The molecule has 1 N–H and O–H groups in total. The van der Waals surface area contributed by atoms with Gasteiger partial charge in [-0.2, -0.15) is 0 Å². The van der Waals surface area contributed by atoms with Gasteiger partial charge in [0.1, 0.15) is 0 Å². The molecule has 0 unspecified atom stereocenters. The molecular formula is C21H22ClN3O4S. The number of ether oxygens (including phenoxy) is 2. The number of methoxy groups -OCH3 is 2. The number of anilines is 1. The molecule has 7 nitrogen and oxygen atoms in total. The first-order valence-electron chi connectivity index (χ1n) is 9.31. The van der Waals surface area contributed by atoms with Gasteiger partial charge < -0.3 is 14.8 Å². The molecule has 1 amide bonds. The summed E-state index contributed by atoms with van der Waals surface area (Å²) in [5.41, 5.74) is 0.964. The summed E-state index contributed by atoms with van der Waals surface area (Å²) >= 11 is 7.26. The average molecular weight is 448 g/mol. The molecule has 9 heteroatoms. The highest BCUT2D eigenvalue weighted by molar-refractivity contribution is 7.99. The van der Waals surface area contributed by atoms with E-state index in [1.54, 1.807) is 48.1 Å². The molecule has 0 saturated heterocycles. The van der Waals surface area contributed by atoms with E-state index in [0.717, 1.165) is 6.42 Å². The number of nitrogens with one attached hydrogen (secondary N) is 1. The number of benzene rings is 2. The van der Waals surface area contributed by atoms with Crippen molar-refractivity contribution < 1.29 is 14.3 Å². The van der Waals surface area contributed by atoms with E-state index in [1.807, 2.05) is 6.92 Å². The van der Waals surface area contributed by atoms with Crippen LogP contribution in [-0.2, 0) is 11.3 Å². The number of carbonyl (C=O) groups is 1. The van der Waals surface area contributed by atoms with E-state index in [2.05, 4.69) is 10.3 Å². The third-order valence-corrected chi connectivity index (χ3v) is 5.54. The number of rotatable bonds is 8. The number of hydrogen-bond donors (Lipinski definition) is 1. The van der Waals surface area contributed by atoms with Crippen LogP contribution < -0.4 is 20.3 Å². The van der Waals surface area contributed by atoms with Crippen molar-refractivity contribution in [3.8, 4) is 11.5 Å². The van der Waals surface area contributed by atoms with Gasteiger partial charge in [0.25, 0.3) is 5.56 Å². The van der Waals surface area contributed by atoms with Gasteiger partial charge in [0.05, 0.1) is 30.9 Å². The van der Waals surface area contributed by atoms with Gasteiger partial charge >= 0.3 is 0 Å². The highest BCUT2D eigenvalue weighted by atomic mass is 35.5. The fraction of sp³-hybridized carbons (Fsp3) is 0.286. The fourth-order valence-corrected chi connectivity index (χ4v) is 3.94. The SMILES string of the molecule is CCCn1c(SCC(=O)Nc2ccc(OC)c(OC)c2)nc2cc(Cl)ccc2c1=O. The molecule has 0 radical (unpaired) electrons.